The number of ether oxygens (including phenoxy) is 4. The Morgan fingerprint density at radius 2 is 0.517 bits per heavy atom. The molecule has 0 rings (SSSR count). The van der Waals surface area contributed by atoms with Crippen molar-refractivity contribution in [3.05, 3.63) is 0 Å². The lowest BCUT2D eigenvalue weighted by molar-refractivity contribution is -0.161. The fourth-order valence-corrected chi connectivity index (χ4v) is 12.2. The van der Waals surface area contributed by atoms with Gasteiger partial charge in [-0.25, -0.2) is 9.13 Å². The first-order valence-electron chi connectivity index (χ1n) is 36.5. The van der Waals surface area contributed by atoms with Crippen LogP contribution in [-0.4, -0.2) is 96.7 Å². The van der Waals surface area contributed by atoms with Crippen LogP contribution in [0.1, 0.15) is 356 Å². The van der Waals surface area contributed by atoms with Crippen molar-refractivity contribution in [2.75, 3.05) is 39.6 Å². The Balaban J connectivity index is 5.16. The van der Waals surface area contributed by atoms with E-state index in [1.54, 1.807) is 0 Å². The molecule has 0 fully saturated rings. The highest BCUT2D eigenvalue weighted by molar-refractivity contribution is 7.47. The summed E-state index contributed by atoms with van der Waals surface area (Å²) in [4.78, 5) is 72.3. The molecule has 0 bridgehead atoms. The predicted molar refractivity (Wildman–Crippen MR) is 358 cm³/mol. The number of rotatable bonds is 69. The highest BCUT2D eigenvalue weighted by Crippen LogP contribution is 2.45. The molecule has 0 radical (unpaired) electrons. The molecule has 5 atom stereocenters. The van der Waals surface area contributed by atoms with Crippen LogP contribution in [0.3, 0.4) is 0 Å². The van der Waals surface area contributed by atoms with Crippen molar-refractivity contribution in [1.82, 2.24) is 0 Å². The van der Waals surface area contributed by atoms with Crippen molar-refractivity contribution in [2.24, 2.45) is 11.8 Å². The van der Waals surface area contributed by atoms with E-state index >= 15 is 0 Å². The summed E-state index contributed by atoms with van der Waals surface area (Å²) in [7, 11) is -9.89. The zero-order valence-electron chi connectivity index (χ0n) is 57.7. The first-order valence-corrected chi connectivity index (χ1v) is 39.5. The summed E-state index contributed by atoms with van der Waals surface area (Å²) < 4.78 is 68.1. The number of aliphatic hydroxyl groups is 1. The second-order valence-electron chi connectivity index (χ2n) is 26.2. The molecule has 89 heavy (non-hydrogen) atoms. The Bertz CT molecular complexity index is 1730. The average Bonchev–Trinajstić information content (AvgIpc) is 3.60. The van der Waals surface area contributed by atoms with Crippen LogP contribution in [0.15, 0.2) is 0 Å². The van der Waals surface area contributed by atoms with Crippen LogP contribution in [0.4, 0.5) is 0 Å². The minimum Gasteiger partial charge on any atom is -0.462 e. The van der Waals surface area contributed by atoms with Crippen molar-refractivity contribution < 1.29 is 80.2 Å². The number of aliphatic hydroxyl groups excluding tert-OH is 1. The lowest BCUT2D eigenvalue weighted by Crippen LogP contribution is -2.30. The Hall–Kier alpha value is -1.94. The van der Waals surface area contributed by atoms with E-state index in [4.69, 9.17) is 37.0 Å². The molecular formula is C70H136O17P2. The van der Waals surface area contributed by atoms with E-state index in [-0.39, 0.29) is 25.7 Å². The highest BCUT2D eigenvalue weighted by Gasteiger charge is 2.30. The van der Waals surface area contributed by atoms with Gasteiger partial charge < -0.3 is 33.8 Å². The first-order chi connectivity index (χ1) is 42.9. The Morgan fingerprint density at radius 3 is 0.764 bits per heavy atom. The summed E-state index contributed by atoms with van der Waals surface area (Å²) in [5.74, 6) is -0.567. The monoisotopic (exact) mass is 1310 g/mol. The lowest BCUT2D eigenvalue weighted by atomic mass is 10.0. The van der Waals surface area contributed by atoms with Gasteiger partial charge in [0.1, 0.15) is 19.3 Å². The average molecular weight is 1310 g/mol. The van der Waals surface area contributed by atoms with E-state index in [1.807, 2.05) is 0 Å². The SMILES string of the molecule is CCCCCCCCCCCCCCCC(=O)O[C@H](COC(=O)CCCCCCC)COP(=O)(O)OC[C@H](O)COP(=O)(O)OC[C@@H](COC(=O)CCCCCCCCCCCCCC(C)C)OC(=O)CCCCCCCCCCCCCCCCC(C)C. The molecule has 0 heterocycles. The predicted octanol–water partition coefficient (Wildman–Crippen LogP) is 20.0. The van der Waals surface area contributed by atoms with Gasteiger partial charge >= 0.3 is 39.5 Å². The van der Waals surface area contributed by atoms with Gasteiger partial charge in [-0.1, -0.05) is 305 Å². The number of phosphoric acid groups is 2. The number of unbranched alkanes of at least 4 members (excludes halogenated alkanes) is 39. The van der Waals surface area contributed by atoms with E-state index < -0.39 is 97.5 Å². The first kappa shape index (κ1) is 87.1. The summed E-state index contributed by atoms with van der Waals surface area (Å²) in [5, 5.41) is 10.6. The molecule has 0 saturated carbocycles. The number of carbonyl (C=O) groups is 4. The van der Waals surface area contributed by atoms with Crippen LogP contribution >= 0.6 is 15.6 Å². The van der Waals surface area contributed by atoms with Gasteiger partial charge in [0.25, 0.3) is 0 Å². The maximum atomic E-state index is 13.0. The minimum atomic E-state index is -4.95. The van der Waals surface area contributed by atoms with Crippen molar-refractivity contribution in [2.45, 2.75) is 374 Å². The second-order valence-corrected chi connectivity index (χ2v) is 29.1. The van der Waals surface area contributed by atoms with Gasteiger partial charge in [0.05, 0.1) is 26.4 Å². The molecule has 0 aromatic rings. The molecule has 0 aromatic heterocycles. The number of phosphoric ester groups is 2. The summed E-state index contributed by atoms with van der Waals surface area (Å²) in [6.45, 7) is 9.49. The van der Waals surface area contributed by atoms with E-state index in [9.17, 15) is 43.2 Å². The maximum Gasteiger partial charge on any atom is 0.472 e. The fourth-order valence-electron chi connectivity index (χ4n) is 10.6. The maximum absolute atomic E-state index is 13.0. The standard InChI is InChI=1S/C70H136O17P2/c1-7-9-11-13-14-15-16-19-25-31-36-42-48-54-69(74)86-65(58-80-67(72)52-46-38-12-10-8-2)60-84-88(76,77)82-56-64(71)57-83-89(78,79)85-61-66(59-81-68(73)53-47-41-35-30-27-22-24-29-34-40-45-51-63(5)6)87-70(75)55-49-43-37-32-26-21-18-17-20-23-28-33-39-44-50-62(3)4/h62-66,71H,7-61H2,1-6H3,(H,76,77)(H,78,79)/t64-,65+,66+/m0/s1. The molecule has 0 aliphatic rings. The van der Waals surface area contributed by atoms with Gasteiger partial charge in [0, 0.05) is 25.7 Å². The molecule has 19 heteroatoms. The van der Waals surface area contributed by atoms with Crippen molar-refractivity contribution in [1.29, 1.82) is 0 Å². The third kappa shape index (κ3) is 64.6. The van der Waals surface area contributed by atoms with Gasteiger partial charge in [-0.05, 0) is 37.5 Å². The van der Waals surface area contributed by atoms with E-state index in [0.29, 0.717) is 25.7 Å². The van der Waals surface area contributed by atoms with Crippen LogP contribution in [0, 0.1) is 11.8 Å². The number of hydrogen-bond acceptors (Lipinski definition) is 15. The van der Waals surface area contributed by atoms with Gasteiger partial charge in [-0.15, -0.1) is 0 Å². The third-order valence-corrected chi connectivity index (χ3v) is 18.1. The largest absolute Gasteiger partial charge is 0.472 e. The summed E-state index contributed by atoms with van der Waals surface area (Å²) >= 11 is 0. The van der Waals surface area contributed by atoms with E-state index in [0.717, 1.165) is 108 Å². The van der Waals surface area contributed by atoms with E-state index in [1.165, 1.54) is 167 Å². The van der Waals surface area contributed by atoms with Crippen LogP contribution in [0.5, 0.6) is 0 Å². The van der Waals surface area contributed by atoms with Crippen molar-refractivity contribution >= 4 is 39.5 Å². The molecular weight excluding hydrogens is 1170 g/mol. The zero-order chi connectivity index (χ0) is 65.7. The topological polar surface area (TPSA) is 237 Å². The zero-order valence-corrected chi connectivity index (χ0v) is 59.5. The van der Waals surface area contributed by atoms with Gasteiger partial charge in [-0.2, -0.15) is 0 Å². The quantitative estimate of drug-likeness (QED) is 0.0222. The van der Waals surface area contributed by atoms with Gasteiger partial charge in [0.2, 0.25) is 0 Å². The van der Waals surface area contributed by atoms with Crippen molar-refractivity contribution in [3.63, 3.8) is 0 Å². The van der Waals surface area contributed by atoms with Gasteiger partial charge in [0.15, 0.2) is 12.2 Å². The number of esters is 4. The van der Waals surface area contributed by atoms with Crippen LogP contribution in [0.25, 0.3) is 0 Å². The molecule has 3 N–H and O–H groups in total. The molecule has 0 aliphatic heterocycles. The molecule has 17 nitrogen and oxygen atoms in total. The molecule has 0 saturated heterocycles. The number of carbonyl (C=O) groups excluding carboxylic acids is 4. The molecule has 0 amide bonds. The third-order valence-electron chi connectivity index (χ3n) is 16.2. The van der Waals surface area contributed by atoms with Gasteiger partial charge in [-0.3, -0.25) is 37.3 Å². The lowest BCUT2D eigenvalue weighted by Gasteiger charge is -2.21. The summed E-state index contributed by atoms with van der Waals surface area (Å²) in [6.07, 6.45) is 47.5. The van der Waals surface area contributed by atoms with Crippen LogP contribution in [0.2, 0.25) is 0 Å². The highest BCUT2D eigenvalue weighted by atomic mass is 31.2. The Morgan fingerprint density at radius 1 is 0.303 bits per heavy atom. The summed E-state index contributed by atoms with van der Waals surface area (Å²) in [6, 6.07) is 0. The normalized spacial score (nSPS) is 14.1. The smallest absolute Gasteiger partial charge is 0.462 e. The van der Waals surface area contributed by atoms with Crippen LogP contribution in [-0.2, 0) is 65.4 Å². The molecule has 0 spiro atoms. The molecule has 0 aromatic carbocycles. The number of hydrogen-bond donors (Lipinski definition) is 3. The van der Waals surface area contributed by atoms with Crippen molar-refractivity contribution in [3.8, 4) is 0 Å². The minimum absolute atomic E-state index is 0.107. The molecule has 0 aliphatic carbocycles. The second kappa shape index (κ2) is 62.2. The molecule has 528 valence electrons. The molecule has 2 unspecified atom stereocenters. The van der Waals surface area contributed by atoms with E-state index in [2.05, 4.69) is 41.5 Å². The fraction of sp³-hybridized carbons (Fsp3) is 0.943. The Kier molecular flexibility index (Phi) is 60.8. The Labute approximate surface area is 543 Å². The van der Waals surface area contributed by atoms with Crippen LogP contribution < -0.4 is 0 Å². The summed E-state index contributed by atoms with van der Waals surface area (Å²) in [5.41, 5.74) is 0.